The number of rotatable bonds is 2. The van der Waals surface area contributed by atoms with E-state index < -0.39 is 0 Å². The molecule has 5 heteroatoms. The third kappa shape index (κ3) is 1.77. The minimum atomic E-state index is -0.0594. The molecule has 1 aromatic rings. The van der Waals surface area contributed by atoms with Gasteiger partial charge in [-0.15, -0.1) is 0 Å². The molecular weight excluding hydrogens is 268 g/mol. The normalized spacial score (nSPS) is 31.2. The van der Waals surface area contributed by atoms with Gasteiger partial charge in [-0.2, -0.15) is 0 Å². The number of likely N-dealkylation sites (N-methyl/N-ethyl adjacent to an activating group) is 1. The van der Waals surface area contributed by atoms with Crippen molar-refractivity contribution in [3.8, 4) is 11.5 Å². The van der Waals surface area contributed by atoms with E-state index in [-0.39, 0.29) is 17.9 Å². The average molecular weight is 288 g/mol. The van der Waals surface area contributed by atoms with Gasteiger partial charge in [-0.05, 0) is 56.0 Å². The highest BCUT2D eigenvalue weighted by Gasteiger charge is 2.49. The maximum Gasteiger partial charge on any atom is 0.193 e. The number of nitrogens with zero attached hydrogens (tertiary/aromatic N) is 2. The molecule has 1 aromatic carbocycles. The number of phenolic OH excluding ortho intramolecular Hbond substituents is 1. The topological polar surface area (TPSA) is 54.3 Å². The summed E-state index contributed by atoms with van der Waals surface area (Å²) < 4.78 is 5.30. The zero-order chi connectivity index (χ0) is 14.7. The number of hydrogen-bond acceptors (Lipinski definition) is 5. The second-order valence-corrected chi connectivity index (χ2v) is 6.31. The molecular formula is C16H20N2O3. The van der Waals surface area contributed by atoms with E-state index in [2.05, 4.69) is 17.1 Å². The van der Waals surface area contributed by atoms with Crippen LogP contribution in [-0.4, -0.2) is 36.1 Å². The van der Waals surface area contributed by atoms with Crippen molar-refractivity contribution in [2.75, 3.05) is 14.2 Å². The fourth-order valence-corrected chi connectivity index (χ4v) is 3.81. The number of aromatic hydroxyl groups is 1. The van der Waals surface area contributed by atoms with E-state index in [1.807, 2.05) is 19.1 Å². The molecule has 112 valence electrons. The molecule has 1 saturated carbocycles. The third-order valence-corrected chi connectivity index (χ3v) is 4.99. The maximum absolute atomic E-state index is 10.2. The minimum absolute atomic E-state index is 0.0594. The summed E-state index contributed by atoms with van der Waals surface area (Å²) in [5.41, 5.74) is 3.34. The van der Waals surface area contributed by atoms with Crippen LogP contribution in [0.5, 0.6) is 11.5 Å². The second kappa shape index (κ2) is 4.37. The lowest BCUT2D eigenvalue weighted by Gasteiger charge is -2.41. The van der Waals surface area contributed by atoms with Gasteiger partial charge in [-0.1, -0.05) is 5.16 Å². The molecule has 3 aliphatic rings. The van der Waals surface area contributed by atoms with Crippen molar-refractivity contribution in [1.82, 2.24) is 4.90 Å². The van der Waals surface area contributed by atoms with Crippen LogP contribution in [0, 0.1) is 5.92 Å². The lowest BCUT2D eigenvalue weighted by molar-refractivity contribution is -0.0660. The van der Waals surface area contributed by atoms with Crippen LogP contribution >= 0.6 is 0 Å². The molecule has 0 saturated heterocycles. The zero-order valence-electron chi connectivity index (χ0n) is 12.5. The van der Waals surface area contributed by atoms with Crippen LogP contribution in [0.3, 0.4) is 0 Å². The molecule has 2 heterocycles. The highest BCUT2D eigenvalue weighted by Crippen LogP contribution is 2.53. The first kappa shape index (κ1) is 13.0. The number of phenols is 1. The number of methoxy groups -OCH3 is 1. The third-order valence-electron chi connectivity index (χ3n) is 4.99. The molecule has 0 aromatic heterocycles. The SMILES string of the molecule is COc1cc2c(cc1O)[C@H]1C(C)=NO[C@H]1N(C)[C@@H]2C1CC1. The molecule has 2 aliphatic heterocycles. The van der Waals surface area contributed by atoms with Gasteiger partial charge in [0.15, 0.2) is 17.7 Å². The van der Waals surface area contributed by atoms with Crippen LogP contribution in [0.2, 0.25) is 0 Å². The number of hydrogen-bond donors (Lipinski definition) is 1. The van der Waals surface area contributed by atoms with Gasteiger partial charge in [0.25, 0.3) is 0 Å². The summed E-state index contributed by atoms with van der Waals surface area (Å²) in [5, 5.41) is 14.3. The van der Waals surface area contributed by atoms with Crippen molar-refractivity contribution < 1.29 is 14.7 Å². The summed E-state index contributed by atoms with van der Waals surface area (Å²) >= 11 is 0. The quantitative estimate of drug-likeness (QED) is 0.909. The van der Waals surface area contributed by atoms with Crippen LogP contribution in [0.4, 0.5) is 0 Å². The van der Waals surface area contributed by atoms with Crippen LogP contribution in [0.25, 0.3) is 0 Å². The Labute approximate surface area is 124 Å². The van der Waals surface area contributed by atoms with Crippen molar-refractivity contribution in [3.63, 3.8) is 0 Å². The second-order valence-electron chi connectivity index (χ2n) is 6.31. The summed E-state index contributed by atoms with van der Waals surface area (Å²) in [6, 6.07) is 4.14. The molecule has 0 amide bonds. The van der Waals surface area contributed by atoms with Gasteiger partial charge >= 0.3 is 0 Å². The maximum atomic E-state index is 10.2. The van der Waals surface area contributed by atoms with E-state index in [9.17, 15) is 5.11 Å². The molecule has 3 atom stereocenters. The Morgan fingerprint density at radius 2 is 2.10 bits per heavy atom. The van der Waals surface area contributed by atoms with E-state index in [1.165, 1.54) is 18.4 Å². The van der Waals surface area contributed by atoms with Crippen LogP contribution in [0.1, 0.15) is 42.9 Å². The van der Waals surface area contributed by atoms with Crippen LogP contribution < -0.4 is 4.74 Å². The lowest BCUT2D eigenvalue weighted by atomic mass is 9.80. The fourth-order valence-electron chi connectivity index (χ4n) is 3.81. The van der Waals surface area contributed by atoms with E-state index >= 15 is 0 Å². The molecule has 0 unspecified atom stereocenters. The van der Waals surface area contributed by atoms with Crippen molar-refractivity contribution in [3.05, 3.63) is 23.3 Å². The largest absolute Gasteiger partial charge is 0.504 e. The number of benzene rings is 1. The van der Waals surface area contributed by atoms with Crippen LogP contribution in [-0.2, 0) is 4.84 Å². The van der Waals surface area contributed by atoms with Gasteiger partial charge in [0.2, 0.25) is 0 Å². The molecule has 0 radical (unpaired) electrons. The number of fused-ring (bicyclic) bond motifs is 3. The number of oxime groups is 1. The van der Waals surface area contributed by atoms with Crippen molar-refractivity contribution in [2.45, 2.75) is 38.0 Å². The molecule has 4 rings (SSSR count). The summed E-state index contributed by atoms with van der Waals surface area (Å²) in [6.45, 7) is 1.99. The Bertz CT molecular complexity index is 624. The molecule has 1 N–H and O–H groups in total. The van der Waals surface area contributed by atoms with E-state index in [0.717, 1.165) is 11.3 Å². The van der Waals surface area contributed by atoms with Crippen LogP contribution in [0.15, 0.2) is 17.3 Å². The smallest absolute Gasteiger partial charge is 0.193 e. The van der Waals surface area contributed by atoms with Crippen molar-refractivity contribution in [1.29, 1.82) is 0 Å². The zero-order valence-corrected chi connectivity index (χ0v) is 12.5. The van der Waals surface area contributed by atoms with Gasteiger partial charge in [0, 0.05) is 6.04 Å². The van der Waals surface area contributed by atoms with Gasteiger partial charge in [0.05, 0.1) is 18.7 Å². The highest BCUT2D eigenvalue weighted by molar-refractivity contribution is 5.91. The first-order valence-corrected chi connectivity index (χ1v) is 7.45. The average Bonchev–Trinajstić information content (AvgIpc) is 3.22. The molecule has 1 fully saturated rings. The standard InChI is InChI=1S/C16H20N2O3/c1-8-14-10-6-12(19)13(20-3)7-11(10)15(9-4-5-9)18(2)16(14)21-17-8/h6-7,9,14-16,19H,4-5H2,1-3H3/t14-,15-,16-/m1/s1. The van der Waals surface area contributed by atoms with Gasteiger partial charge in [-0.3, -0.25) is 4.90 Å². The summed E-state index contributed by atoms with van der Waals surface area (Å²) in [4.78, 5) is 7.94. The molecule has 0 spiro atoms. The van der Waals surface area contributed by atoms with Crippen molar-refractivity contribution >= 4 is 5.71 Å². The highest BCUT2D eigenvalue weighted by atomic mass is 16.7. The van der Waals surface area contributed by atoms with Gasteiger partial charge in [-0.25, -0.2) is 0 Å². The van der Waals surface area contributed by atoms with E-state index in [4.69, 9.17) is 9.57 Å². The molecule has 21 heavy (non-hydrogen) atoms. The Morgan fingerprint density at radius 1 is 1.33 bits per heavy atom. The minimum Gasteiger partial charge on any atom is -0.504 e. The van der Waals surface area contributed by atoms with Crippen molar-refractivity contribution in [2.24, 2.45) is 11.1 Å². The summed E-state index contributed by atoms with van der Waals surface area (Å²) in [5.74, 6) is 1.49. The molecule has 1 aliphatic carbocycles. The monoisotopic (exact) mass is 288 g/mol. The lowest BCUT2D eigenvalue weighted by Crippen LogP contribution is -2.45. The van der Waals surface area contributed by atoms with E-state index in [1.54, 1.807) is 7.11 Å². The number of ether oxygens (including phenoxy) is 1. The van der Waals surface area contributed by atoms with Gasteiger partial charge in [0.1, 0.15) is 0 Å². The Balaban J connectivity index is 1.90. The summed E-state index contributed by atoms with van der Waals surface area (Å²) in [7, 11) is 3.70. The molecule has 5 nitrogen and oxygen atoms in total. The first-order valence-electron chi connectivity index (χ1n) is 7.45. The first-order chi connectivity index (χ1) is 10.1. The predicted octanol–water partition coefficient (Wildman–Crippen LogP) is 2.61. The Kier molecular flexibility index (Phi) is 2.70. The van der Waals surface area contributed by atoms with E-state index in [0.29, 0.717) is 17.7 Å². The fraction of sp³-hybridized carbons (Fsp3) is 0.562. The Morgan fingerprint density at radius 3 is 2.76 bits per heavy atom. The molecule has 0 bridgehead atoms. The Hall–Kier alpha value is -1.75. The summed E-state index contributed by atoms with van der Waals surface area (Å²) in [6.07, 6.45) is 2.43. The van der Waals surface area contributed by atoms with Gasteiger partial charge < -0.3 is 14.7 Å². The predicted molar refractivity (Wildman–Crippen MR) is 78.6 cm³/mol.